The van der Waals surface area contributed by atoms with Crippen LogP contribution in [0.25, 0.3) is 11.4 Å². The second-order valence-electron chi connectivity index (χ2n) is 5.71. The number of nitrogens with zero attached hydrogens (tertiary/aromatic N) is 2. The molecule has 0 amide bonds. The molecule has 1 aromatic heterocycles. The minimum Gasteiger partial charge on any atom is -0.231 e. The summed E-state index contributed by atoms with van der Waals surface area (Å²) in [6, 6.07) is 5.77. The molecule has 0 saturated carbocycles. The first kappa shape index (κ1) is 15.7. The SMILES string of the molecule is Cc1ccc(-c2nc(Cl)c(Br)c(C(C)(C)C)n2)cc1Cl. The third-order valence-electron chi connectivity index (χ3n) is 2.95. The molecular formula is C15H15BrCl2N2. The maximum Gasteiger partial charge on any atom is 0.161 e. The average molecular weight is 374 g/mol. The van der Waals surface area contributed by atoms with Crippen molar-refractivity contribution < 1.29 is 0 Å². The Labute approximate surface area is 137 Å². The fourth-order valence-electron chi connectivity index (χ4n) is 1.78. The van der Waals surface area contributed by atoms with Gasteiger partial charge in [0.25, 0.3) is 0 Å². The molecule has 0 saturated heterocycles. The summed E-state index contributed by atoms with van der Waals surface area (Å²) in [5.74, 6) is 0.588. The lowest BCUT2D eigenvalue weighted by atomic mass is 9.92. The zero-order valence-electron chi connectivity index (χ0n) is 11.8. The van der Waals surface area contributed by atoms with Crippen LogP contribution in [0.3, 0.4) is 0 Å². The minimum absolute atomic E-state index is 0.130. The van der Waals surface area contributed by atoms with Crippen molar-refractivity contribution in [3.8, 4) is 11.4 Å². The summed E-state index contributed by atoms with van der Waals surface area (Å²) in [5.41, 5.74) is 2.63. The number of aryl methyl sites for hydroxylation is 1. The van der Waals surface area contributed by atoms with E-state index < -0.39 is 0 Å². The highest BCUT2D eigenvalue weighted by molar-refractivity contribution is 9.10. The van der Waals surface area contributed by atoms with Crippen LogP contribution in [0.15, 0.2) is 22.7 Å². The van der Waals surface area contributed by atoms with Crippen LogP contribution in [0, 0.1) is 6.92 Å². The molecule has 2 rings (SSSR count). The number of aromatic nitrogens is 2. The van der Waals surface area contributed by atoms with Crippen LogP contribution in [-0.2, 0) is 5.41 Å². The minimum atomic E-state index is -0.130. The second-order valence-corrected chi connectivity index (χ2v) is 7.27. The molecule has 2 aromatic rings. The van der Waals surface area contributed by atoms with Crippen LogP contribution in [0.5, 0.6) is 0 Å². The fourth-order valence-corrected chi connectivity index (χ4v) is 2.90. The molecule has 2 nitrogen and oxygen atoms in total. The molecule has 1 aromatic carbocycles. The van der Waals surface area contributed by atoms with E-state index in [0.29, 0.717) is 16.0 Å². The number of hydrogen-bond acceptors (Lipinski definition) is 2. The van der Waals surface area contributed by atoms with Crippen molar-refractivity contribution in [2.75, 3.05) is 0 Å². The van der Waals surface area contributed by atoms with Crippen molar-refractivity contribution in [3.05, 3.63) is 44.1 Å². The van der Waals surface area contributed by atoms with Crippen LogP contribution in [0.1, 0.15) is 32.0 Å². The highest BCUT2D eigenvalue weighted by atomic mass is 79.9. The van der Waals surface area contributed by atoms with Gasteiger partial charge in [-0.05, 0) is 34.5 Å². The first-order valence-corrected chi connectivity index (χ1v) is 7.75. The van der Waals surface area contributed by atoms with Gasteiger partial charge in [-0.1, -0.05) is 56.1 Å². The van der Waals surface area contributed by atoms with Crippen LogP contribution in [-0.4, -0.2) is 9.97 Å². The lowest BCUT2D eigenvalue weighted by Crippen LogP contribution is -2.16. The Kier molecular flexibility index (Phi) is 4.43. The number of rotatable bonds is 1. The smallest absolute Gasteiger partial charge is 0.161 e. The molecule has 0 fully saturated rings. The summed E-state index contributed by atoms with van der Waals surface area (Å²) in [6.45, 7) is 8.22. The quantitative estimate of drug-likeness (QED) is 0.588. The Balaban J connectivity index is 2.63. The summed E-state index contributed by atoms with van der Waals surface area (Å²) in [5, 5.41) is 1.11. The monoisotopic (exact) mass is 372 g/mol. The Morgan fingerprint density at radius 1 is 1.10 bits per heavy atom. The lowest BCUT2D eigenvalue weighted by Gasteiger charge is -2.20. The normalized spacial score (nSPS) is 11.8. The highest BCUT2D eigenvalue weighted by Crippen LogP contribution is 2.34. The third kappa shape index (κ3) is 3.16. The molecule has 0 aliphatic heterocycles. The lowest BCUT2D eigenvalue weighted by molar-refractivity contribution is 0.564. The fraction of sp³-hybridized carbons (Fsp3) is 0.333. The molecule has 1 heterocycles. The van der Waals surface area contributed by atoms with E-state index in [1.54, 1.807) is 0 Å². The van der Waals surface area contributed by atoms with Gasteiger partial charge in [0, 0.05) is 16.0 Å². The Hall–Kier alpha value is -0.640. The van der Waals surface area contributed by atoms with Crippen LogP contribution in [0.4, 0.5) is 0 Å². The largest absolute Gasteiger partial charge is 0.231 e. The molecule has 0 atom stereocenters. The van der Waals surface area contributed by atoms with Crippen LogP contribution >= 0.6 is 39.1 Å². The Morgan fingerprint density at radius 2 is 1.75 bits per heavy atom. The van der Waals surface area contributed by atoms with Gasteiger partial charge in [-0.25, -0.2) is 9.97 Å². The molecule has 0 bridgehead atoms. The van der Waals surface area contributed by atoms with Gasteiger partial charge >= 0.3 is 0 Å². The van der Waals surface area contributed by atoms with E-state index in [1.165, 1.54) is 0 Å². The van der Waals surface area contributed by atoms with Crippen molar-refractivity contribution in [2.45, 2.75) is 33.1 Å². The van der Waals surface area contributed by atoms with Gasteiger partial charge in [0.2, 0.25) is 0 Å². The van der Waals surface area contributed by atoms with Crippen molar-refractivity contribution in [1.82, 2.24) is 9.97 Å². The number of hydrogen-bond donors (Lipinski definition) is 0. The van der Waals surface area contributed by atoms with Crippen molar-refractivity contribution in [2.24, 2.45) is 0 Å². The summed E-state index contributed by atoms with van der Waals surface area (Å²) < 4.78 is 0.744. The molecule has 0 aliphatic rings. The number of halogens is 3. The zero-order valence-corrected chi connectivity index (χ0v) is 14.9. The topological polar surface area (TPSA) is 25.8 Å². The molecule has 5 heteroatoms. The summed E-state index contributed by atoms with van der Waals surface area (Å²) in [4.78, 5) is 8.98. The highest BCUT2D eigenvalue weighted by Gasteiger charge is 2.23. The van der Waals surface area contributed by atoms with Gasteiger partial charge < -0.3 is 0 Å². The van der Waals surface area contributed by atoms with Gasteiger partial charge in [-0.15, -0.1) is 0 Å². The zero-order chi connectivity index (χ0) is 15.1. The van der Waals surface area contributed by atoms with E-state index in [9.17, 15) is 0 Å². The van der Waals surface area contributed by atoms with Gasteiger partial charge in [-0.3, -0.25) is 0 Å². The van der Waals surface area contributed by atoms with E-state index >= 15 is 0 Å². The van der Waals surface area contributed by atoms with E-state index in [0.717, 1.165) is 21.3 Å². The molecule has 20 heavy (non-hydrogen) atoms. The Morgan fingerprint density at radius 3 is 2.30 bits per heavy atom. The maximum atomic E-state index is 6.22. The molecule has 0 N–H and O–H groups in total. The van der Waals surface area contributed by atoms with Crippen LogP contribution < -0.4 is 0 Å². The second kappa shape index (κ2) is 5.63. The van der Waals surface area contributed by atoms with E-state index in [2.05, 4.69) is 46.7 Å². The third-order valence-corrected chi connectivity index (χ3v) is 4.61. The van der Waals surface area contributed by atoms with E-state index in [-0.39, 0.29) is 5.41 Å². The number of benzene rings is 1. The maximum absolute atomic E-state index is 6.22. The first-order valence-electron chi connectivity index (χ1n) is 6.20. The summed E-state index contributed by atoms with van der Waals surface area (Å²) in [6.07, 6.45) is 0. The van der Waals surface area contributed by atoms with Crippen molar-refractivity contribution >= 4 is 39.1 Å². The molecule has 106 valence electrons. The van der Waals surface area contributed by atoms with Gasteiger partial charge in [0.15, 0.2) is 5.82 Å². The standard InChI is InChI=1S/C15H15BrCl2N2/c1-8-5-6-9(7-10(8)17)14-19-12(15(2,3)4)11(16)13(18)20-14/h5-7H,1-4H3. The van der Waals surface area contributed by atoms with Crippen LogP contribution in [0.2, 0.25) is 10.2 Å². The summed E-state index contributed by atoms with van der Waals surface area (Å²) >= 11 is 15.8. The molecule has 0 radical (unpaired) electrons. The van der Waals surface area contributed by atoms with E-state index in [1.807, 2.05) is 25.1 Å². The Bertz CT molecular complexity index is 664. The molecule has 0 spiro atoms. The molecule has 0 aliphatic carbocycles. The average Bonchev–Trinajstić information content (AvgIpc) is 2.34. The predicted molar refractivity (Wildman–Crippen MR) is 88.6 cm³/mol. The van der Waals surface area contributed by atoms with Crippen molar-refractivity contribution in [3.63, 3.8) is 0 Å². The molecular weight excluding hydrogens is 359 g/mol. The van der Waals surface area contributed by atoms with E-state index in [4.69, 9.17) is 23.2 Å². The van der Waals surface area contributed by atoms with Gasteiger partial charge in [0.05, 0.1) is 10.2 Å². The van der Waals surface area contributed by atoms with Gasteiger partial charge in [-0.2, -0.15) is 0 Å². The molecule has 0 unspecified atom stereocenters. The van der Waals surface area contributed by atoms with Crippen molar-refractivity contribution in [1.29, 1.82) is 0 Å². The van der Waals surface area contributed by atoms with Gasteiger partial charge in [0.1, 0.15) is 5.15 Å². The first-order chi connectivity index (χ1) is 9.20. The predicted octanol–water partition coefficient (Wildman–Crippen LogP) is 5.82. The summed E-state index contributed by atoms with van der Waals surface area (Å²) in [7, 11) is 0.